The molecule has 0 aliphatic carbocycles. The molecule has 3 N–H and O–H groups in total. The molecule has 1 fully saturated rings. The first-order valence-electron chi connectivity index (χ1n) is 8.86. The molecule has 7 nitrogen and oxygen atoms in total. The van der Waals surface area contributed by atoms with Gasteiger partial charge in [0.05, 0.1) is 12.7 Å². The average molecular weight is 387 g/mol. The van der Waals surface area contributed by atoms with Crippen LogP contribution in [0.25, 0.3) is 0 Å². The van der Waals surface area contributed by atoms with Crippen molar-refractivity contribution < 1.29 is 23.8 Å². The predicted molar refractivity (Wildman–Crippen MR) is 101 cm³/mol. The molecule has 2 amide bonds. The molecule has 1 aliphatic rings. The van der Waals surface area contributed by atoms with Gasteiger partial charge in [-0.3, -0.25) is 9.69 Å². The number of amides is 2. The molecule has 3 rings (SSSR count). The van der Waals surface area contributed by atoms with E-state index in [0.29, 0.717) is 12.3 Å². The van der Waals surface area contributed by atoms with Crippen LogP contribution in [-0.2, 0) is 6.42 Å². The molecule has 1 aliphatic heterocycles. The molecule has 1 heterocycles. The second-order valence-corrected chi connectivity index (χ2v) is 6.60. The highest BCUT2D eigenvalue weighted by atomic mass is 19.1. The summed E-state index contributed by atoms with van der Waals surface area (Å²) in [5.74, 6) is -1.08. The normalized spacial score (nSPS) is 19.1. The number of halogens is 1. The van der Waals surface area contributed by atoms with E-state index >= 15 is 0 Å². The van der Waals surface area contributed by atoms with E-state index in [1.165, 1.54) is 24.1 Å². The Labute approximate surface area is 162 Å². The lowest BCUT2D eigenvalue weighted by Gasteiger charge is -2.46. The Hall–Kier alpha value is -3.13. The van der Waals surface area contributed by atoms with Crippen molar-refractivity contribution in [2.45, 2.75) is 12.1 Å². The summed E-state index contributed by atoms with van der Waals surface area (Å²) >= 11 is 0. The molecule has 2 aromatic carbocycles. The molecule has 1 unspecified atom stereocenters. The standard InChI is InChI=1S/C20H22FN3O4/c1-28-15-7-8-17(21)16(11-15)18(25)23-20(12-14-5-3-2-4-6-14)13-22-9-10-24(20)19(26)27/h2-8,11,22H,9-10,12-13H2,1H3,(H,23,25)(H,26,27). The molecule has 0 saturated carbocycles. The lowest BCUT2D eigenvalue weighted by Crippen LogP contribution is -2.71. The number of hydrogen-bond acceptors (Lipinski definition) is 4. The third kappa shape index (κ3) is 4.07. The fourth-order valence-electron chi connectivity index (χ4n) is 3.41. The van der Waals surface area contributed by atoms with Crippen molar-refractivity contribution in [3.8, 4) is 5.75 Å². The topological polar surface area (TPSA) is 90.9 Å². The lowest BCUT2D eigenvalue weighted by atomic mass is 9.95. The van der Waals surface area contributed by atoms with Crippen molar-refractivity contribution in [1.82, 2.24) is 15.5 Å². The summed E-state index contributed by atoms with van der Waals surface area (Å²) in [6.07, 6.45) is -0.909. The van der Waals surface area contributed by atoms with E-state index < -0.39 is 23.5 Å². The van der Waals surface area contributed by atoms with Gasteiger partial charge in [0.15, 0.2) is 0 Å². The molecule has 0 radical (unpaired) electrons. The van der Waals surface area contributed by atoms with E-state index in [-0.39, 0.29) is 25.1 Å². The lowest BCUT2D eigenvalue weighted by molar-refractivity contribution is 0.0318. The second kappa shape index (κ2) is 8.26. The fraction of sp³-hybridized carbons (Fsp3) is 0.300. The minimum Gasteiger partial charge on any atom is -0.497 e. The van der Waals surface area contributed by atoms with E-state index in [9.17, 15) is 19.1 Å². The number of rotatable bonds is 5. The zero-order valence-corrected chi connectivity index (χ0v) is 15.4. The van der Waals surface area contributed by atoms with Gasteiger partial charge < -0.3 is 20.5 Å². The molecule has 0 spiro atoms. The predicted octanol–water partition coefficient (Wildman–Crippen LogP) is 2.09. The van der Waals surface area contributed by atoms with Gasteiger partial charge >= 0.3 is 6.09 Å². The van der Waals surface area contributed by atoms with Crippen molar-refractivity contribution in [3.05, 3.63) is 65.5 Å². The van der Waals surface area contributed by atoms with Crippen LogP contribution < -0.4 is 15.4 Å². The largest absolute Gasteiger partial charge is 0.497 e. The van der Waals surface area contributed by atoms with Gasteiger partial charge in [0.2, 0.25) is 0 Å². The maximum atomic E-state index is 14.3. The van der Waals surface area contributed by atoms with Crippen molar-refractivity contribution in [3.63, 3.8) is 0 Å². The van der Waals surface area contributed by atoms with Crippen LogP contribution in [0.1, 0.15) is 15.9 Å². The molecule has 8 heteroatoms. The quantitative estimate of drug-likeness (QED) is 0.731. The van der Waals surface area contributed by atoms with Crippen LogP contribution in [0.15, 0.2) is 48.5 Å². The fourth-order valence-corrected chi connectivity index (χ4v) is 3.41. The number of piperazine rings is 1. The number of carbonyl (C=O) groups is 2. The monoisotopic (exact) mass is 387 g/mol. The number of benzene rings is 2. The number of carboxylic acid groups (broad SMARTS) is 1. The minimum atomic E-state index is -1.25. The number of methoxy groups -OCH3 is 1. The average Bonchev–Trinajstić information content (AvgIpc) is 2.69. The van der Waals surface area contributed by atoms with E-state index in [2.05, 4.69) is 10.6 Å². The van der Waals surface area contributed by atoms with E-state index in [0.717, 1.165) is 11.6 Å². The Morgan fingerprint density at radius 2 is 2.04 bits per heavy atom. The van der Waals surface area contributed by atoms with Crippen LogP contribution in [0.4, 0.5) is 9.18 Å². The van der Waals surface area contributed by atoms with Crippen LogP contribution >= 0.6 is 0 Å². The third-order valence-electron chi connectivity index (χ3n) is 4.78. The van der Waals surface area contributed by atoms with Crippen LogP contribution in [0.5, 0.6) is 5.75 Å². The molecule has 1 saturated heterocycles. The maximum Gasteiger partial charge on any atom is 0.409 e. The van der Waals surface area contributed by atoms with E-state index in [4.69, 9.17) is 4.74 Å². The number of ether oxygens (including phenoxy) is 1. The molecule has 0 bridgehead atoms. The zero-order chi connectivity index (χ0) is 20.1. The first-order valence-corrected chi connectivity index (χ1v) is 8.86. The van der Waals surface area contributed by atoms with Crippen LogP contribution in [0.3, 0.4) is 0 Å². The van der Waals surface area contributed by atoms with Gasteiger partial charge in [-0.15, -0.1) is 0 Å². The molecule has 148 valence electrons. The Bertz CT molecular complexity index is 862. The van der Waals surface area contributed by atoms with Gasteiger partial charge in [-0.2, -0.15) is 0 Å². The van der Waals surface area contributed by atoms with Crippen molar-refractivity contribution in [2.24, 2.45) is 0 Å². The smallest absolute Gasteiger partial charge is 0.409 e. The van der Waals surface area contributed by atoms with Crippen LogP contribution in [0, 0.1) is 5.82 Å². The number of nitrogens with one attached hydrogen (secondary N) is 2. The SMILES string of the molecule is COc1ccc(F)c(C(=O)NC2(Cc3ccccc3)CNCCN2C(=O)O)c1. The Kier molecular flexibility index (Phi) is 5.79. The highest BCUT2D eigenvalue weighted by molar-refractivity contribution is 5.95. The molecule has 2 aromatic rings. The molecular weight excluding hydrogens is 365 g/mol. The third-order valence-corrected chi connectivity index (χ3v) is 4.78. The number of carbonyl (C=O) groups excluding carboxylic acids is 1. The van der Waals surface area contributed by atoms with Gasteiger partial charge in [0, 0.05) is 26.1 Å². The van der Waals surface area contributed by atoms with Gasteiger partial charge in [-0.05, 0) is 23.8 Å². The summed E-state index contributed by atoms with van der Waals surface area (Å²) < 4.78 is 19.3. The molecular formula is C20H22FN3O4. The van der Waals surface area contributed by atoms with Gasteiger partial charge in [0.1, 0.15) is 17.2 Å². The Balaban J connectivity index is 1.97. The number of nitrogens with zero attached hydrogens (tertiary/aromatic N) is 1. The summed E-state index contributed by atoms with van der Waals surface area (Å²) in [7, 11) is 1.42. The zero-order valence-electron chi connectivity index (χ0n) is 15.4. The summed E-state index contributed by atoms with van der Waals surface area (Å²) in [5.41, 5.74) is -0.607. The van der Waals surface area contributed by atoms with Gasteiger partial charge in [-0.1, -0.05) is 30.3 Å². The van der Waals surface area contributed by atoms with Gasteiger partial charge in [-0.25, -0.2) is 9.18 Å². The molecule has 0 aromatic heterocycles. The first-order chi connectivity index (χ1) is 13.4. The highest BCUT2D eigenvalue weighted by Crippen LogP contribution is 2.23. The number of hydrogen-bond donors (Lipinski definition) is 3. The summed E-state index contributed by atoms with van der Waals surface area (Å²) in [5, 5.41) is 15.6. The van der Waals surface area contributed by atoms with Crippen LogP contribution in [0.2, 0.25) is 0 Å². The second-order valence-electron chi connectivity index (χ2n) is 6.60. The highest BCUT2D eigenvalue weighted by Gasteiger charge is 2.43. The Morgan fingerprint density at radius 3 is 2.71 bits per heavy atom. The Morgan fingerprint density at radius 1 is 1.29 bits per heavy atom. The van der Waals surface area contributed by atoms with E-state index in [1.54, 1.807) is 0 Å². The maximum absolute atomic E-state index is 14.3. The molecule has 1 atom stereocenters. The molecule has 28 heavy (non-hydrogen) atoms. The van der Waals surface area contributed by atoms with Gasteiger partial charge in [0.25, 0.3) is 5.91 Å². The summed E-state index contributed by atoms with van der Waals surface area (Å²) in [6.45, 7) is 0.862. The van der Waals surface area contributed by atoms with Crippen molar-refractivity contribution >= 4 is 12.0 Å². The summed E-state index contributed by atoms with van der Waals surface area (Å²) in [4.78, 5) is 26.0. The van der Waals surface area contributed by atoms with Crippen molar-refractivity contribution in [1.29, 1.82) is 0 Å². The minimum absolute atomic E-state index is 0.197. The first kappa shape index (κ1) is 19.6. The van der Waals surface area contributed by atoms with E-state index in [1.807, 2.05) is 30.3 Å². The summed E-state index contributed by atoms with van der Waals surface area (Å²) in [6, 6.07) is 13.1. The van der Waals surface area contributed by atoms with Crippen LogP contribution in [-0.4, -0.2) is 54.4 Å². The van der Waals surface area contributed by atoms with Crippen molar-refractivity contribution in [2.75, 3.05) is 26.7 Å².